The summed E-state index contributed by atoms with van der Waals surface area (Å²) >= 11 is 0. The molecule has 4 nitrogen and oxygen atoms in total. The molecular formula is C16H19N3O. The van der Waals surface area contributed by atoms with E-state index in [2.05, 4.69) is 9.97 Å². The predicted molar refractivity (Wildman–Crippen MR) is 78.5 cm³/mol. The van der Waals surface area contributed by atoms with Crippen LogP contribution in [0.2, 0.25) is 0 Å². The Labute approximate surface area is 119 Å². The Balaban J connectivity index is 1.59. The fourth-order valence-electron chi connectivity index (χ4n) is 2.87. The van der Waals surface area contributed by atoms with Gasteiger partial charge in [-0.2, -0.15) is 0 Å². The van der Waals surface area contributed by atoms with Crippen LogP contribution in [0.15, 0.2) is 42.9 Å². The van der Waals surface area contributed by atoms with Crippen molar-refractivity contribution in [2.75, 3.05) is 5.73 Å². The summed E-state index contributed by atoms with van der Waals surface area (Å²) in [4.78, 5) is 8.27. The minimum Gasteiger partial charge on any atom is -0.474 e. The lowest BCUT2D eigenvalue weighted by Crippen LogP contribution is -2.24. The minimum absolute atomic E-state index is 0.268. The van der Waals surface area contributed by atoms with Gasteiger partial charge in [0.2, 0.25) is 5.88 Å². The van der Waals surface area contributed by atoms with Crippen molar-refractivity contribution < 1.29 is 4.74 Å². The fraction of sp³-hybridized carbons (Fsp3) is 0.375. The predicted octanol–water partition coefficient (Wildman–Crippen LogP) is 3.16. The normalized spacial score (nSPS) is 22.4. The molecule has 2 aromatic heterocycles. The van der Waals surface area contributed by atoms with Gasteiger partial charge < -0.3 is 10.5 Å². The molecule has 0 saturated heterocycles. The molecule has 1 aliphatic rings. The highest BCUT2D eigenvalue weighted by Gasteiger charge is 2.24. The third-order valence-corrected chi connectivity index (χ3v) is 3.93. The van der Waals surface area contributed by atoms with Gasteiger partial charge in [-0.05, 0) is 49.3 Å². The largest absolute Gasteiger partial charge is 0.474 e. The van der Waals surface area contributed by atoms with E-state index in [9.17, 15) is 0 Å². The molecule has 0 spiro atoms. The lowest BCUT2D eigenvalue weighted by Gasteiger charge is -2.29. The third-order valence-electron chi connectivity index (χ3n) is 3.93. The van der Waals surface area contributed by atoms with Crippen molar-refractivity contribution in [1.82, 2.24) is 9.97 Å². The maximum absolute atomic E-state index is 6.01. The van der Waals surface area contributed by atoms with Crippen molar-refractivity contribution in [2.24, 2.45) is 0 Å². The third kappa shape index (κ3) is 2.90. The van der Waals surface area contributed by atoms with Gasteiger partial charge in [0.05, 0.1) is 11.9 Å². The molecule has 2 aromatic rings. The first kappa shape index (κ1) is 12.9. The second-order valence-corrected chi connectivity index (χ2v) is 5.26. The number of nitrogen functional groups attached to an aromatic ring is 1. The quantitative estimate of drug-likeness (QED) is 0.929. The molecule has 2 heterocycles. The molecule has 1 fully saturated rings. The summed E-state index contributed by atoms with van der Waals surface area (Å²) in [5.41, 5.74) is 8.05. The van der Waals surface area contributed by atoms with Crippen LogP contribution in [0.5, 0.6) is 5.88 Å². The average molecular weight is 269 g/mol. The van der Waals surface area contributed by atoms with Gasteiger partial charge in [-0.3, -0.25) is 4.98 Å². The summed E-state index contributed by atoms with van der Waals surface area (Å²) in [6.07, 6.45) is 9.89. The molecule has 2 N–H and O–H groups in total. The highest BCUT2D eigenvalue weighted by molar-refractivity contribution is 5.46. The van der Waals surface area contributed by atoms with Crippen LogP contribution in [0.4, 0.5) is 5.69 Å². The second kappa shape index (κ2) is 5.90. The van der Waals surface area contributed by atoms with Crippen LogP contribution in [0.3, 0.4) is 0 Å². The van der Waals surface area contributed by atoms with Gasteiger partial charge in [-0.25, -0.2) is 4.98 Å². The van der Waals surface area contributed by atoms with E-state index in [-0.39, 0.29) is 6.10 Å². The Hall–Kier alpha value is -2.10. The SMILES string of the molecule is Nc1cnccc1C1CCC(Oc2ccccn2)CC1. The number of aromatic nitrogens is 2. The summed E-state index contributed by atoms with van der Waals surface area (Å²) in [6, 6.07) is 7.80. The molecule has 0 bridgehead atoms. The van der Waals surface area contributed by atoms with Crippen molar-refractivity contribution in [3.8, 4) is 5.88 Å². The summed E-state index contributed by atoms with van der Waals surface area (Å²) in [5.74, 6) is 1.25. The van der Waals surface area contributed by atoms with Gasteiger partial charge in [-0.15, -0.1) is 0 Å². The molecule has 0 aliphatic heterocycles. The van der Waals surface area contributed by atoms with Crippen LogP contribution in [0.1, 0.15) is 37.2 Å². The molecule has 1 aliphatic carbocycles. The number of anilines is 1. The van der Waals surface area contributed by atoms with Crippen LogP contribution in [-0.2, 0) is 0 Å². The molecular weight excluding hydrogens is 250 g/mol. The highest BCUT2D eigenvalue weighted by Crippen LogP contribution is 2.36. The number of nitrogens with two attached hydrogens (primary N) is 1. The smallest absolute Gasteiger partial charge is 0.213 e. The van der Waals surface area contributed by atoms with Crippen molar-refractivity contribution >= 4 is 5.69 Å². The summed E-state index contributed by atoms with van der Waals surface area (Å²) in [7, 11) is 0. The van der Waals surface area contributed by atoms with Crippen LogP contribution < -0.4 is 10.5 Å². The first-order valence-electron chi connectivity index (χ1n) is 7.10. The Morgan fingerprint density at radius 3 is 2.60 bits per heavy atom. The number of ether oxygens (including phenoxy) is 1. The maximum atomic E-state index is 6.01. The summed E-state index contributed by atoms with van der Waals surface area (Å²) in [6.45, 7) is 0. The van der Waals surface area contributed by atoms with Crippen LogP contribution in [0.25, 0.3) is 0 Å². The van der Waals surface area contributed by atoms with E-state index in [1.807, 2.05) is 30.5 Å². The zero-order valence-electron chi connectivity index (χ0n) is 11.4. The molecule has 0 aromatic carbocycles. The Kier molecular flexibility index (Phi) is 3.81. The van der Waals surface area contributed by atoms with E-state index in [0.717, 1.165) is 37.3 Å². The van der Waals surface area contributed by atoms with Crippen LogP contribution in [0, 0.1) is 0 Å². The van der Waals surface area contributed by atoms with E-state index >= 15 is 0 Å². The number of pyridine rings is 2. The number of hydrogen-bond donors (Lipinski definition) is 1. The van der Waals surface area contributed by atoms with E-state index in [1.54, 1.807) is 12.4 Å². The van der Waals surface area contributed by atoms with Crippen LogP contribution >= 0.6 is 0 Å². The second-order valence-electron chi connectivity index (χ2n) is 5.26. The summed E-state index contributed by atoms with van der Waals surface area (Å²) < 4.78 is 5.92. The van der Waals surface area contributed by atoms with Crippen molar-refractivity contribution in [3.63, 3.8) is 0 Å². The number of hydrogen-bond acceptors (Lipinski definition) is 4. The van der Waals surface area contributed by atoms with Gasteiger partial charge in [-0.1, -0.05) is 6.07 Å². The highest BCUT2D eigenvalue weighted by atomic mass is 16.5. The van der Waals surface area contributed by atoms with Gasteiger partial charge in [0.1, 0.15) is 6.10 Å². The number of nitrogens with zero attached hydrogens (tertiary/aromatic N) is 2. The van der Waals surface area contributed by atoms with E-state index in [0.29, 0.717) is 5.92 Å². The average Bonchev–Trinajstić information content (AvgIpc) is 2.50. The first-order chi connectivity index (χ1) is 9.83. The van der Waals surface area contributed by atoms with Gasteiger partial charge in [0, 0.05) is 18.5 Å². The Bertz CT molecular complexity index is 551. The lowest BCUT2D eigenvalue weighted by molar-refractivity contribution is 0.140. The molecule has 0 amide bonds. The molecule has 4 heteroatoms. The zero-order valence-corrected chi connectivity index (χ0v) is 11.4. The Morgan fingerprint density at radius 2 is 1.90 bits per heavy atom. The number of rotatable bonds is 3. The van der Waals surface area contributed by atoms with Gasteiger partial charge in [0.15, 0.2) is 0 Å². The van der Waals surface area contributed by atoms with E-state index in [1.165, 1.54) is 5.56 Å². The molecule has 0 radical (unpaired) electrons. The van der Waals surface area contributed by atoms with Crippen molar-refractivity contribution in [3.05, 3.63) is 48.4 Å². The Morgan fingerprint density at radius 1 is 1.05 bits per heavy atom. The maximum Gasteiger partial charge on any atom is 0.213 e. The van der Waals surface area contributed by atoms with Gasteiger partial charge in [0.25, 0.3) is 0 Å². The van der Waals surface area contributed by atoms with Crippen LogP contribution in [-0.4, -0.2) is 16.1 Å². The zero-order chi connectivity index (χ0) is 13.8. The molecule has 0 atom stereocenters. The standard InChI is InChI=1S/C16H19N3O/c17-15-11-18-10-8-14(15)12-4-6-13(7-5-12)20-16-3-1-2-9-19-16/h1-3,8-13H,4-7,17H2. The van der Waals surface area contributed by atoms with Gasteiger partial charge >= 0.3 is 0 Å². The first-order valence-corrected chi connectivity index (χ1v) is 7.10. The monoisotopic (exact) mass is 269 g/mol. The van der Waals surface area contributed by atoms with E-state index in [4.69, 9.17) is 10.5 Å². The molecule has 1 saturated carbocycles. The fourth-order valence-corrected chi connectivity index (χ4v) is 2.87. The topological polar surface area (TPSA) is 61.0 Å². The molecule has 3 rings (SSSR count). The molecule has 20 heavy (non-hydrogen) atoms. The van der Waals surface area contributed by atoms with Crippen molar-refractivity contribution in [2.45, 2.75) is 37.7 Å². The van der Waals surface area contributed by atoms with Crippen molar-refractivity contribution in [1.29, 1.82) is 0 Å². The van der Waals surface area contributed by atoms with E-state index < -0.39 is 0 Å². The molecule has 0 unspecified atom stereocenters. The summed E-state index contributed by atoms with van der Waals surface area (Å²) in [5, 5.41) is 0. The molecule has 104 valence electrons. The minimum atomic E-state index is 0.268. The lowest BCUT2D eigenvalue weighted by atomic mass is 9.82.